The lowest BCUT2D eigenvalue weighted by atomic mass is 10.1. The summed E-state index contributed by atoms with van der Waals surface area (Å²) in [5.41, 5.74) is 0.291. The van der Waals surface area contributed by atoms with Gasteiger partial charge < -0.3 is 10.1 Å². The van der Waals surface area contributed by atoms with Crippen molar-refractivity contribution in [3.05, 3.63) is 65.2 Å². The summed E-state index contributed by atoms with van der Waals surface area (Å²) in [5, 5.41) is 11.3. The van der Waals surface area contributed by atoms with Gasteiger partial charge in [0.2, 0.25) is 0 Å². The smallest absolute Gasteiger partial charge is 0.416 e. The maximum atomic E-state index is 12.5. The first-order valence-corrected chi connectivity index (χ1v) is 7.40. The van der Waals surface area contributed by atoms with Gasteiger partial charge in [0.05, 0.1) is 17.2 Å². The Morgan fingerprint density at radius 1 is 1.16 bits per heavy atom. The number of rotatable bonds is 5. The summed E-state index contributed by atoms with van der Waals surface area (Å²) in [7, 11) is 0. The van der Waals surface area contributed by atoms with E-state index in [1.807, 2.05) is 6.07 Å². The number of alkyl halides is 3. The molecule has 1 N–H and O–H groups in total. The minimum atomic E-state index is -4.38. The van der Waals surface area contributed by atoms with E-state index in [-0.39, 0.29) is 6.54 Å². The minimum Gasteiger partial charge on any atom is -0.481 e. The molecule has 2 aromatic rings. The molecule has 0 saturated carbocycles. The molecule has 2 rings (SSSR count). The van der Waals surface area contributed by atoms with Crippen molar-refractivity contribution in [2.24, 2.45) is 0 Å². The fourth-order valence-corrected chi connectivity index (χ4v) is 2.01. The third-order valence-corrected chi connectivity index (χ3v) is 3.41. The number of hydrogen-bond donors (Lipinski definition) is 1. The summed E-state index contributed by atoms with van der Waals surface area (Å²) >= 11 is 0. The Labute approximate surface area is 142 Å². The molecule has 0 radical (unpaired) electrons. The van der Waals surface area contributed by atoms with E-state index in [4.69, 9.17) is 10.00 Å². The van der Waals surface area contributed by atoms with E-state index in [9.17, 15) is 18.0 Å². The molecule has 0 aliphatic heterocycles. The van der Waals surface area contributed by atoms with Gasteiger partial charge in [0.1, 0.15) is 5.75 Å². The van der Waals surface area contributed by atoms with Crippen LogP contribution < -0.4 is 10.1 Å². The first kappa shape index (κ1) is 18.3. The zero-order valence-corrected chi connectivity index (χ0v) is 13.3. The molecular weight excluding hydrogens is 333 g/mol. The molecule has 25 heavy (non-hydrogen) atoms. The van der Waals surface area contributed by atoms with Crippen LogP contribution >= 0.6 is 0 Å². The molecule has 0 spiro atoms. The monoisotopic (exact) mass is 348 g/mol. The minimum absolute atomic E-state index is 0.0953. The number of carbonyl (C=O) groups excluding carboxylic acids is 1. The molecule has 0 aromatic heterocycles. The van der Waals surface area contributed by atoms with Crippen LogP contribution in [-0.4, -0.2) is 12.0 Å². The normalized spacial score (nSPS) is 12.1. The van der Waals surface area contributed by atoms with Gasteiger partial charge in [-0.25, -0.2) is 0 Å². The van der Waals surface area contributed by atoms with Crippen molar-refractivity contribution in [1.29, 1.82) is 5.26 Å². The number of hydrogen-bond acceptors (Lipinski definition) is 3. The topological polar surface area (TPSA) is 62.1 Å². The van der Waals surface area contributed by atoms with Gasteiger partial charge in [-0.15, -0.1) is 0 Å². The van der Waals surface area contributed by atoms with E-state index in [0.717, 1.165) is 12.1 Å². The Balaban J connectivity index is 1.87. The largest absolute Gasteiger partial charge is 0.481 e. The van der Waals surface area contributed by atoms with Crippen LogP contribution in [0.25, 0.3) is 0 Å². The number of nitrogens with zero attached hydrogens (tertiary/aromatic N) is 1. The van der Waals surface area contributed by atoms with Crippen LogP contribution in [0, 0.1) is 11.3 Å². The molecule has 0 fully saturated rings. The third-order valence-electron chi connectivity index (χ3n) is 3.41. The van der Waals surface area contributed by atoms with E-state index >= 15 is 0 Å². The molecule has 0 aliphatic carbocycles. The zero-order valence-electron chi connectivity index (χ0n) is 13.3. The lowest BCUT2D eigenvalue weighted by Gasteiger charge is -2.15. The molecule has 1 amide bonds. The molecule has 130 valence electrons. The quantitative estimate of drug-likeness (QED) is 0.897. The van der Waals surface area contributed by atoms with E-state index in [1.165, 1.54) is 12.1 Å². The average molecular weight is 348 g/mol. The summed E-state index contributed by atoms with van der Waals surface area (Å²) in [6, 6.07) is 12.9. The predicted octanol–water partition coefficient (Wildman–Crippen LogP) is 3.66. The molecule has 2 aromatic carbocycles. The van der Waals surface area contributed by atoms with Gasteiger partial charge in [0, 0.05) is 6.54 Å². The van der Waals surface area contributed by atoms with Crippen LogP contribution in [0.5, 0.6) is 5.75 Å². The molecule has 1 unspecified atom stereocenters. The first-order chi connectivity index (χ1) is 11.8. The predicted molar refractivity (Wildman–Crippen MR) is 84.5 cm³/mol. The van der Waals surface area contributed by atoms with Gasteiger partial charge in [0.25, 0.3) is 5.91 Å². The number of halogens is 3. The Morgan fingerprint density at radius 2 is 1.76 bits per heavy atom. The molecule has 0 aliphatic rings. The molecule has 0 saturated heterocycles. The van der Waals surface area contributed by atoms with E-state index in [2.05, 4.69) is 5.32 Å². The van der Waals surface area contributed by atoms with Crippen LogP contribution in [-0.2, 0) is 17.5 Å². The van der Waals surface area contributed by atoms with Crippen molar-refractivity contribution in [3.8, 4) is 11.8 Å². The summed E-state index contributed by atoms with van der Waals surface area (Å²) in [4.78, 5) is 12.0. The molecule has 0 bridgehead atoms. The zero-order chi connectivity index (χ0) is 18.4. The molecule has 0 heterocycles. The Morgan fingerprint density at radius 3 is 2.28 bits per heavy atom. The highest BCUT2D eigenvalue weighted by molar-refractivity contribution is 5.80. The van der Waals surface area contributed by atoms with Gasteiger partial charge in [-0.05, 0) is 48.9 Å². The summed E-state index contributed by atoms with van der Waals surface area (Å²) in [5.74, 6) is 0.0421. The number of amides is 1. The summed E-state index contributed by atoms with van der Waals surface area (Å²) < 4.78 is 42.9. The van der Waals surface area contributed by atoms with E-state index in [0.29, 0.717) is 16.9 Å². The van der Waals surface area contributed by atoms with Crippen LogP contribution in [0.2, 0.25) is 0 Å². The fraction of sp³-hybridized carbons (Fsp3) is 0.222. The number of carbonyl (C=O) groups is 1. The highest BCUT2D eigenvalue weighted by atomic mass is 19.4. The molecule has 4 nitrogen and oxygen atoms in total. The molecule has 1 atom stereocenters. The van der Waals surface area contributed by atoms with Crippen LogP contribution in [0.1, 0.15) is 23.6 Å². The Kier molecular flexibility index (Phi) is 5.65. The molecular formula is C18H15F3N2O2. The van der Waals surface area contributed by atoms with E-state index < -0.39 is 23.8 Å². The highest BCUT2D eigenvalue weighted by Gasteiger charge is 2.29. The number of benzene rings is 2. The van der Waals surface area contributed by atoms with Crippen molar-refractivity contribution in [3.63, 3.8) is 0 Å². The molecule has 7 heteroatoms. The lowest BCUT2D eigenvalue weighted by molar-refractivity contribution is -0.137. The first-order valence-electron chi connectivity index (χ1n) is 7.40. The van der Waals surface area contributed by atoms with Crippen molar-refractivity contribution < 1.29 is 22.7 Å². The maximum Gasteiger partial charge on any atom is 0.416 e. The van der Waals surface area contributed by atoms with Crippen LogP contribution in [0.4, 0.5) is 13.2 Å². The van der Waals surface area contributed by atoms with Gasteiger partial charge in [-0.1, -0.05) is 12.1 Å². The second kappa shape index (κ2) is 7.71. The van der Waals surface area contributed by atoms with Crippen molar-refractivity contribution in [2.75, 3.05) is 0 Å². The van der Waals surface area contributed by atoms with Gasteiger partial charge in [-0.3, -0.25) is 4.79 Å². The third kappa shape index (κ3) is 5.24. The van der Waals surface area contributed by atoms with Gasteiger partial charge >= 0.3 is 6.18 Å². The number of nitriles is 1. The average Bonchev–Trinajstić information content (AvgIpc) is 2.60. The van der Waals surface area contributed by atoms with Crippen molar-refractivity contribution in [2.45, 2.75) is 25.7 Å². The fourth-order valence-electron chi connectivity index (χ4n) is 2.01. The SMILES string of the molecule is CC(Oc1ccc(C#N)cc1)C(=O)NCc1ccc(C(F)(F)F)cc1. The van der Waals surface area contributed by atoms with Crippen LogP contribution in [0.15, 0.2) is 48.5 Å². The maximum absolute atomic E-state index is 12.5. The van der Waals surface area contributed by atoms with Crippen molar-refractivity contribution in [1.82, 2.24) is 5.32 Å². The second-order valence-electron chi connectivity index (χ2n) is 5.31. The van der Waals surface area contributed by atoms with Gasteiger partial charge in [-0.2, -0.15) is 18.4 Å². The highest BCUT2D eigenvalue weighted by Crippen LogP contribution is 2.29. The van der Waals surface area contributed by atoms with E-state index in [1.54, 1.807) is 31.2 Å². The van der Waals surface area contributed by atoms with Gasteiger partial charge in [0.15, 0.2) is 6.10 Å². The standard InChI is InChI=1S/C18H15F3N2O2/c1-12(25-16-8-4-13(10-22)5-9-16)17(24)23-11-14-2-6-15(7-3-14)18(19,20)21/h2-9,12H,11H2,1H3,(H,23,24). The second-order valence-corrected chi connectivity index (χ2v) is 5.31. The summed E-state index contributed by atoms with van der Waals surface area (Å²) in [6.07, 6.45) is -5.17. The summed E-state index contributed by atoms with van der Waals surface area (Å²) in [6.45, 7) is 1.65. The number of ether oxygens (including phenoxy) is 1. The Bertz CT molecular complexity index is 763. The lowest BCUT2D eigenvalue weighted by Crippen LogP contribution is -2.35. The number of nitrogens with one attached hydrogen (secondary N) is 1. The van der Waals surface area contributed by atoms with Crippen LogP contribution in [0.3, 0.4) is 0 Å². The van der Waals surface area contributed by atoms with Crippen molar-refractivity contribution >= 4 is 5.91 Å². The Hall–Kier alpha value is -3.01.